The quantitative estimate of drug-likeness (QED) is 0.264. The molecular formula is C19H14ClN3OS3. The van der Waals surface area contributed by atoms with Crippen LogP contribution in [0, 0.1) is 10.9 Å². The van der Waals surface area contributed by atoms with Gasteiger partial charge in [-0.05, 0) is 55.5 Å². The number of aryl methyl sites for hydroxylation is 1. The minimum atomic E-state index is 0.642. The van der Waals surface area contributed by atoms with Crippen molar-refractivity contribution in [3.8, 4) is 17.1 Å². The van der Waals surface area contributed by atoms with E-state index in [9.17, 15) is 0 Å². The normalized spacial score (nSPS) is 11.0. The minimum Gasteiger partial charge on any atom is -0.441 e. The van der Waals surface area contributed by atoms with E-state index in [2.05, 4.69) is 10.1 Å². The number of oxazole rings is 1. The zero-order valence-corrected chi connectivity index (χ0v) is 17.5. The van der Waals surface area contributed by atoms with Crippen molar-refractivity contribution in [3.05, 3.63) is 75.0 Å². The van der Waals surface area contributed by atoms with E-state index in [0.29, 0.717) is 20.6 Å². The zero-order chi connectivity index (χ0) is 18.8. The van der Waals surface area contributed by atoms with E-state index in [1.165, 1.54) is 11.3 Å². The number of aromatic nitrogens is 3. The average molecular weight is 432 g/mol. The second-order valence-electron chi connectivity index (χ2n) is 5.70. The molecule has 0 radical (unpaired) electrons. The monoisotopic (exact) mass is 431 g/mol. The van der Waals surface area contributed by atoms with Gasteiger partial charge in [0.1, 0.15) is 5.76 Å². The average Bonchev–Trinajstić information content (AvgIpc) is 3.24. The van der Waals surface area contributed by atoms with Crippen molar-refractivity contribution >= 4 is 46.9 Å². The SMILES string of the molecule is Cc1oc(-c2ccccc2)nc1CSc1nn(-c2ccc(Cl)cc2)c(=S)s1. The molecule has 0 saturated heterocycles. The molecule has 0 unspecified atom stereocenters. The summed E-state index contributed by atoms with van der Waals surface area (Å²) in [5.74, 6) is 2.13. The molecule has 0 atom stereocenters. The molecule has 0 aliphatic rings. The van der Waals surface area contributed by atoms with Gasteiger partial charge < -0.3 is 4.42 Å². The predicted octanol–water partition coefficient (Wildman–Crippen LogP) is 6.57. The third kappa shape index (κ3) is 4.16. The van der Waals surface area contributed by atoms with E-state index in [-0.39, 0.29) is 0 Å². The van der Waals surface area contributed by atoms with Crippen molar-refractivity contribution in [1.82, 2.24) is 14.8 Å². The summed E-state index contributed by atoms with van der Waals surface area (Å²) in [7, 11) is 0. The Kier molecular flexibility index (Phi) is 5.45. The van der Waals surface area contributed by atoms with Crippen LogP contribution in [0.1, 0.15) is 11.5 Å². The summed E-state index contributed by atoms with van der Waals surface area (Å²) < 4.78 is 9.16. The van der Waals surface area contributed by atoms with E-state index in [0.717, 1.165) is 27.0 Å². The second kappa shape index (κ2) is 7.98. The van der Waals surface area contributed by atoms with E-state index < -0.39 is 0 Å². The molecule has 4 nitrogen and oxygen atoms in total. The number of nitrogens with zero attached hydrogens (tertiary/aromatic N) is 3. The van der Waals surface area contributed by atoms with Crippen molar-refractivity contribution in [3.63, 3.8) is 0 Å². The summed E-state index contributed by atoms with van der Waals surface area (Å²) in [4.78, 5) is 4.63. The van der Waals surface area contributed by atoms with E-state index >= 15 is 0 Å². The van der Waals surface area contributed by atoms with E-state index in [1.807, 2.05) is 61.5 Å². The molecule has 0 aliphatic carbocycles. The van der Waals surface area contributed by atoms with Gasteiger partial charge >= 0.3 is 0 Å². The van der Waals surface area contributed by atoms with Gasteiger partial charge in [0.15, 0.2) is 8.29 Å². The molecule has 0 spiro atoms. The number of halogens is 1. The van der Waals surface area contributed by atoms with Gasteiger partial charge in [-0.25, -0.2) is 9.67 Å². The lowest BCUT2D eigenvalue weighted by Gasteiger charge is -2.00. The van der Waals surface area contributed by atoms with Crippen LogP contribution in [0.25, 0.3) is 17.1 Å². The Bertz CT molecular complexity index is 1120. The Morgan fingerprint density at radius 3 is 2.63 bits per heavy atom. The Balaban J connectivity index is 1.51. The van der Waals surface area contributed by atoms with Gasteiger partial charge in [-0.1, -0.05) is 52.9 Å². The zero-order valence-electron chi connectivity index (χ0n) is 14.3. The number of thioether (sulfide) groups is 1. The van der Waals surface area contributed by atoms with Crippen LogP contribution in [0.2, 0.25) is 5.02 Å². The second-order valence-corrected chi connectivity index (χ2v) is 8.98. The summed E-state index contributed by atoms with van der Waals surface area (Å²) in [6.45, 7) is 1.93. The number of hydrogen-bond acceptors (Lipinski definition) is 6. The molecule has 0 fully saturated rings. The Labute approximate surface area is 174 Å². The molecule has 0 bridgehead atoms. The van der Waals surface area contributed by atoms with Crippen molar-refractivity contribution < 1.29 is 4.42 Å². The third-order valence-electron chi connectivity index (χ3n) is 3.85. The van der Waals surface area contributed by atoms with Gasteiger partial charge in [0, 0.05) is 16.3 Å². The molecular weight excluding hydrogens is 418 g/mol. The summed E-state index contributed by atoms with van der Waals surface area (Å²) in [6.07, 6.45) is 0. The van der Waals surface area contributed by atoms with Crippen LogP contribution in [-0.4, -0.2) is 14.8 Å². The number of hydrogen-bond donors (Lipinski definition) is 0. The van der Waals surface area contributed by atoms with Gasteiger partial charge in [-0.15, -0.1) is 5.10 Å². The van der Waals surface area contributed by atoms with E-state index in [4.69, 9.17) is 28.2 Å². The maximum atomic E-state index is 5.95. The highest BCUT2D eigenvalue weighted by Crippen LogP contribution is 2.30. The van der Waals surface area contributed by atoms with Crippen LogP contribution in [0.4, 0.5) is 0 Å². The van der Waals surface area contributed by atoms with Gasteiger partial charge in [-0.2, -0.15) is 0 Å². The van der Waals surface area contributed by atoms with Gasteiger partial charge in [0.05, 0.1) is 11.4 Å². The lowest BCUT2D eigenvalue weighted by Crippen LogP contribution is -1.95. The lowest BCUT2D eigenvalue weighted by atomic mass is 10.2. The highest BCUT2D eigenvalue weighted by atomic mass is 35.5. The summed E-state index contributed by atoms with van der Waals surface area (Å²) >= 11 is 14.5. The third-order valence-corrected chi connectivity index (χ3v) is 6.47. The molecule has 2 aromatic carbocycles. The highest BCUT2D eigenvalue weighted by Gasteiger charge is 2.13. The maximum absolute atomic E-state index is 5.95. The fourth-order valence-corrected chi connectivity index (χ4v) is 4.95. The molecule has 0 amide bonds. The number of benzene rings is 2. The van der Waals surface area contributed by atoms with Crippen molar-refractivity contribution in [2.75, 3.05) is 0 Å². The molecule has 27 heavy (non-hydrogen) atoms. The molecule has 4 aromatic rings. The van der Waals surface area contributed by atoms with Crippen LogP contribution in [0.15, 0.2) is 63.4 Å². The van der Waals surface area contributed by atoms with Crippen LogP contribution >= 0.6 is 46.9 Å². The molecule has 4 rings (SSSR count). The largest absolute Gasteiger partial charge is 0.441 e. The Hall–Kier alpha value is -1.93. The first-order valence-electron chi connectivity index (χ1n) is 8.11. The Morgan fingerprint density at radius 1 is 1.15 bits per heavy atom. The summed E-state index contributed by atoms with van der Waals surface area (Å²) in [6, 6.07) is 17.4. The predicted molar refractivity (Wildman–Crippen MR) is 114 cm³/mol. The summed E-state index contributed by atoms with van der Waals surface area (Å²) in [5.41, 5.74) is 2.79. The maximum Gasteiger partial charge on any atom is 0.226 e. The molecule has 2 aromatic heterocycles. The van der Waals surface area contributed by atoms with E-state index in [1.54, 1.807) is 16.4 Å². The van der Waals surface area contributed by atoms with Gasteiger partial charge in [-0.3, -0.25) is 0 Å². The first-order chi connectivity index (χ1) is 13.1. The molecule has 0 N–H and O–H groups in total. The topological polar surface area (TPSA) is 43.9 Å². The molecule has 8 heteroatoms. The molecule has 136 valence electrons. The smallest absolute Gasteiger partial charge is 0.226 e. The van der Waals surface area contributed by atoms with Crippen LogP contribution in [0.3, 0.4) is 0 Å². The van der Waals surface area contributed by atoms with Crippen molar-refractivity contribution in [1.29, 1.82) is 0 Å². The minimum absolute atomic E-state index is 0.642. The van der Waals surface area contributed by atoms with Crippen LogP contribution in [0.5, 0.6) is 0 Å². The standard InChI is InChI=1S/C19H14ClN3OS3/c1-12-16(21-17(24-12)13-5-3-2-4-6-13)11-26-18-22-23(19(25)27-18)15-9-7-14(20)8-10-15/h2-10H,11H2,1H3. The first kappa shape index (κ1) is 18.4. The lowest BCUT2D eigenvalue weighted by molar-refractivity contribution is 0.540. The Morgan fingerprint density at radius 2 is 1.89 bits per heavy atom. The van der Waals surface area contributed by atoms with Crippen LogP contribution in [-0.2, 0) is 5.75 Å². The van der Waals surface area contributed by atoms with Crippen molar-refractivity contribution in [2.24, 2.45) is 0 Å². The number of rotatable bonds is 5. The molecule has 0 saturated carbocycles. The van der Waals surface area contributed by atoms with Gasteiger partial charge in [0.2, 0.25) is 5.89 Å². The molecule has 0 aliphatic heterocycles. The first-order valence-corrected chi connectivity index (χ1v) is 10.7. The summed E-state index contributed by atoms with van der Waals surface area (Å²) in [5, 5.41) is 5.30. The van der Waals surface area contributed by atoms with Gasteiger partial charge in [0.25, 0.3) is 0 Å². The highest BCUT2D eigenvalue weighted by molar-refractivity contribution is 8.00. The molecule has 2 heterocycles. The van der Waals surface area contributed by atoms with Crippen LogP contribution < -0.4 is 0 Å². The fourth-order valence-electron chi connectivity index (χ4n) is 2.46. The van der Waals surface area contributed by atoms with Crippen molar-refractivity contribution in [2.45, 2.75) is 17.0 Å². The fraction of sp³-hybridized carbons (Fsp3) is 0.105.